The van der Waals surface area contributed by atoms with Crippen molar-refractivity contribution >= 4 is 5.95 Å². The predicted octanol–water partition coefficient (Wildman–Crippen LogP) is 2.30. The van der Waals surface area contributed by atoms with Crippen molar-refractivity contribution in [2.75, 3.05) is 18.0 Å². The minimum Gasteiger partial charge on any atom is -0.493 e. The van der Waals surface area contributed by atoms with Crippen molar-refractivity contribution in [1.29, 1.82) is 0 Å². The first-order valence-electron chi connectivity index (χ1n) is 6.72. The van der Waals surface area contributed by atoms with Crippen LogP contribution in [0.5, 0.6) is 5.88 Å². The summed E-state index contributed by atoms with van der Waals surface area (Å²) in [4.78, 5) is 21.0. The highest BCUT2D eigenvalue weighted by molar-refractivity contribution is 5.71. The Morgan fingerprint density at radius 1 is 1.25 bits per heavy atom. The number of hydrogen-bond donors (Lipinski definition) is 2. The van der Waals surface area contributed by atoms with E-state index in [-0.39, 0.29) is 17.0 Å². The van der Waals surface area contributed by atoms with E-state index in [1.165, 1.54) is 0 Å². The van der Waals surface area contributed by atoms with E-state index in [9.17, 15) is 9.90 Å². The number of nitrogens with zero attached hydrogens (tertiary/aromatic N) is 2. The quantitative estimate of drug-likeness (QED) is 0.896. The van der Waals surface area contributed by atoms with Gasteiger partial charge >= 0.3 is 0 Å². The highest BCUT2D eigenvalue weighted by atomic mass is 16.3. The lowest BCUT2D eigenvalue weighted by atomic mass is 10.0. The number of aromatic amines is 1. The van der Waals surface area contributed by atoms with Crippen molar-refractivity contribution in [3.8, 4) is 17.0 Å². The zero-order valence-electron chi connectivity index (χ0n) is 12.0. The van der Waals surface area contributed by atoms with Crippen LogP contribution in [0.2, 0.25) is 0 Å². The Labute approximate surface area is 117 Å². The summed E-state index contributed by atoms with van der Waals surface area (Å²) >= 11 is 0. The molecule has 0 amide bonds. The molecule has 0 fully saturated rings. The molecule has 0 aliphatic rings. The van der Waals surface area contributed by atoms with Crippen molar-refractivity contribution in [2.45, 2.75) is 20.8 Å². The Morgan fingerprint density at radius 2 is 1.90 bits per heavy atom. The van der Waals surface area contributed by atoms with Gasteiger partial charge in [-0.15, -0.1) is 0 Å². The monoisotopic (exact) mass is 273 g/mol. The number of nitrogens with one attached hydrogen (secondary N) is 1. The van der Waals surface area contributed by atoms with E-state index in [1.807, 2.05) is 43.9 Å². The van der Waals surface area contributed by atoms with E-state index in [0.717, 1.165) is 5.56 Å². The predicted molar refractivity (Wildman–Crippen MR) is 80.3 cm³/mol. The summed E-state index contributed by atoms with van der Waals surface area (Å²) in [6.45, 7) is 7.25. The molecule has 0 spiro atoms. The number of hydrogen-bond acceptors (Lipinski definition) is 4. The summed E-state index contributed by atoms with van der Waals surface area (Å²) in [5.74, 6) is 0.166. The molecule has 0 aliphatic heterocycles. The van der Waals surface area contributed by atoms with Crippen LogP contribution in [0.1, 0.15) is 19.4 Å². The minimum absolute atomic E-state index is 0.221. The lowest BCUT2D eigenvalue weighted by Gasteiger charge is -2.19. The second-order valence-corrected chi connectivity index (χ2v) is 4.58. The molecule has 5 heteroatoms. The summed E-state index contributed by atoms with van der Waals surface area (Å²) in [7, 11) is 0. The van der Waals surface area contributed by atoms with Crippen LogP contribution in [0.15, 0.2) is 29.1 Å². The summed E-state index contributed by atoms with van der Waals surface area (Å²) in [5, 5.41) is 10.1. The third-order valence-electron chi connectivity index (χ3n) is 3.37. The Bertz CT molecular complexity index is 660. The number of benzene rings is 1. The zero-order chi connectivity index (χ0) is 14.7. The fraction of sp³-hybridized carbons (Fsp3) is 0.333. The molecule has 1 aromatic heterocycles. The maximum Gasteiger partial charge on any atom is 0.264 e. The normalized spacial score (nSPS) is 10.6. The van der Waals surface area contributed by atoms with Gasteiger partial charge < -0.3 is 10.0 Å². The Hall–Kier alpha value is -2.30. The number of rotatable bonds is 4. The summed E-state index contributed by atoms with van der Waals surface area (Å²) < 4.78 is 0. The molecule has 0 saturated heterocycles. The van der Waals surface area contributed by atoms with Gasteiger partial charge in [-0.1, -0.05) is 24.3 Å². The number of aryl methyl sites for hydroxylation is 1. The van der Waals surface area contributed by atoms with Crippen molar-refractivity contribution in [3.63, 3.8) is 0 Å². The average molecular weight is 273 g/mol. The molecule has 0 bridgehead atoms. The third kappa shape index (κ3) is 2.52. The summed E-state index contributed by atoms with van der Waals surface area (Å²) in [6, 6.07) is 7.42. The second-order valence-electron chi connectivity index (χ2n) is 4.58. The van der Waals surface area contributed by atoms with Crippen LogP contribution in [0.25, 0.3) is 11.1 Å². The van der Waals surface area contributed by atoms with Crippen LogP contribution in [-0.2, 0) is 0 Å². The van der Waals surface area contributed by atoms with E-state index in [2.05, 4.69) is 9.97 Å². The number of H-pyrrole nitrogens is 1. The Kier molecular flexibility index (Phi) is 4.08. The van der Waals surface area contributed by atoms with Crippen LogP contribution in [0.4, 0.5) is 5.95 Å². The molecule has 1 aromatic carbocycles. The molecule has 0 radical (unpaired) electrons. The zero-order valence-corrected chi connectivity index (χ0v) is 12.0. The molecule has 2 aromatic rings. The van der Waals surface area contributed by atoms with Gasteiger partial charge in [0.15, 0.2) is 0 Å². The smallest absolute Gasteiger partial charge is 0.264 e. The fourth-order valence-electron chi connectivity index (χ4n) is 2.22. The number of anilines is 1. The lowest BCUT2D eigenvalue weighted by Crippen LogP contribution is -2.27. The van der Waals surface area contributed by atoms with Gasteiger partial charge in [0.25, 0.3) is 5.56 Å². The van der Waals surface area contributed by atoms with Gasteiger partial charge in [0, 0.05) is 13.1 Å². The Morgan fingerprint density at radius 3 is 2.45 bits per heavy atom. The fourth-order valence-corrected chi connectivity index (χ4v) is 2.22. The van der Waals surface area contributed by atoms with Crippen LogP contribution in [0, 0.1) is 6.92 Å². The molecule has 1 heterocycles. The van der Waals surface area contributed by atoms with E-state index in [0.29, 0.717) is 24.6 Å². The molecule has 0 atom stereocenters. The van der Waals surface area contributed by atoms with Crippen molar-refractivity contribution in [3.05, 3.63) is 40.2 Å². The molecule has 0 saturated carbocycles. The highest BCUT2D eigenvalue weighted by Crippen LogP contribution is 2.27. The number of aromatic nitrogens is 2. The maximum absolute atomic E-state index is 12.3. The topological polar surface area (TPSA) is 69.2 Å². The average Bonchev–Trinajstić information content (AvgIpc) is 2.41. The molecule has 2 N–H and O–H groups in total. The van der Waals surface area contributed by atoms with Crippen molar-refractivity contribution in [2.24, 2.45) is 0 Å². The molecule has 106 valence electrons. The SMILES string of the molecule is CCN(CC)c1nc(O)c(-c2ccccc2C)c(=O)[nH]1. The van der Waals surface area contributed by atoms with Gasteiger partial charge in [-0.3, -0.25) is 9.78 Å². The Balaban J connectivity index is 2.58. The first-order chi connectivity index (χ1) is 9.58. The van der Waals surface area contributed by atoms with Gasteiger partial charge in [-0.2, -0.15) is 4.98 Å². The molecule has 2 rings (SSSR count). The van der Waals surface area contributed by atoms with Gasteiger partial charge in [0.2, 0.25) is 11.8 Å². The van der Waals surface area contributed by atoms with Gasteiger partial charge in [-0.05, 0) is 31.9 Å². The third-order valence-corrected chi connectivity index (χ3v) is 3.37. The van der Waals surface area contributed by atoms with Crippen LogP contribution in [-0.4, -0.2) is 28.2 Å². The molecular weight excluding hydrogens is 254 g/mol. The largest absolute Gasteiger partial charge is 0.493 e. The lowest BCUT2D eigenvalue weighted by molar-refractivity contribution is 0.453. The summed E-state index contributed by atoms with van der Waals surface area (Å²) in [5.41, 5.74) is 1.52. The second kappa shape index (κ2) is 5.77. The van der Waals surface area contributed by atoms with E-state index in [4.69, 9.17) is 0 Å². The van der Waals surface area contributed by atoms with Gasteiger partial charge in [0.05, 0.1) is 0 Å². The molecule has 0 unspecified atom stereocenters. The maximum atomic E-state index is 12.3. The van der Waals surface area contributed by atoms with Crippen molar-refractivity contribution < 1.29 is 5.11 Å². The number of aromatic hydroxyl groups is 1. The first kappa shape index (κ1) is 14.1. The van der Waals surface area contributed by atoms with Gasteiger partial charge in [-0.25, -0.2) is 0 Å². The van der Waals surface area contributed by atoms with Crippen LogP contribution < -0.4 is 10.5 Å². The van der Waals surface area contributed by atoms with E-state index < -0.39 is 0 Å². The minimum atomic E-state index is -0.325. The van der Waals surface area contributed by atoms with Crippen molar-refractivity contribution in [1.82, 2.24) is 9.97 Å². The van der Waals surface area contributed by atoms with Crippen LogP contribution in [0.3, 0.4) is 0 Å². The standard InChI is InChI=1S/C15H19N3O2/c1-4-18(5-2)15-16-13(19)12(14(20)17-15)11-9-7-6-8-10(11)3/h6-9H,4-5H2,1-3H3,(H2,16,17,19,20). The molecule has 0 aliphatic carbocycles. The molecule has 5 nitrogen and oxygen atoms in total. The molecular formula is C15H19N3O2. The van der Waals surface area contributed by atoms with Gasteiger partial charge in [0.1, 0.15) is 5.56 Å². The first-order valence-corrected chi connectivity index (χ1v) is 6.72. The van der Waals surface area contributed by atoms with E-state index in [1.54, 1.807) is 6.07 Å². The molecule has 20 heavy (non-hydrogen) atoms. The van der Waals surface area contributed by atoms with Crippen LogP contribution >= 0.6 is 0 Å². The summed E-state index contributed by atoms with van der Waals surface area (Å²) in [6.07, 6.45) is 0. The highest BCUT2D eigenvalue weighted by Gasteiger charge is 2.16. The van der Waals surface area contributed by atoms with E-state index >= 15 is 0 Å².